The SMILES string of the molecule is CCOC(=O)N1CCN(C(=O)[C@H](CCO)NC(=O)c2cc(O[C@H](C)C(=O)N3CCC[C@H]3C(=O)NC3CCC3)c3ccc(C)cc3n2)CC1. The number of pyridine rings is 1. The van der Waals surface area contributed by atoms with Crippen LogP contribution >= 0.6 is 0 Å². The topological polar surface area (TPSA) is 171 Å². The average molecular weight is 667 g/mol. The van der Waals surface area contributed by atoms with E-state index in [9.17, 15) is 29.1 Å². The number of aliphatic hydroxyl groups is 1. The number of hydrogen-bond acceptors (Lipinski definition) is 9. The van der Waals surface area contributed by atoms with Crippen molar-refractivity contribution in [2.24, 2.45) is 0 Å². The molecule has 1 aromatic carbocycles. The Labute approximate surface area is 280 Å². The molecule has 1 aliphatic carbocycles. The van der Waals surface area contributed by atoms with Gasteiger partial charge in [0.15, 0.2) is 6.10 Å². The number of ether oxygens (including phenoxy) is 2. The number of rotatable bonds is 11. The van der Waals surface area contributed by atoms with Crippen molar-refractivity contribution in [2.45, 2.75) is 83.5 Å². The number of amides is 5. The number of nitrogens with zero attached hydrogens (tertiary/aromatic N) is 4. The quantitative estimate of drug-likeness (QED) is 0.323. The number of carbonyl (C=O) groups is 5. The van der Waals surface area contributed by atoms with Crippen LogP contribution in [-0.4, -0.2) is 125 Å². The van der Waals surface area contributed by atoms with Gasteiger partial charge in [0.2, 0.25) is 11.8 Å². The molecule has 5 rings (SSSR count). The van der Waals surface area contributed by atoms with Crippen molar-refractivity contribution >= 4 is 40.6 Å². The smallest absolute Gasteiger partial charge is 0.409 e. The number of aliphatic hydroxyl groups excluding tert-OH is 1. The summed E-state index contributed by atoms with van der Waals surface area (Å²) >= 11 is 0. The van der Waals surface area contributed by atoms with Gasteiger partial charge in [0.05, 0.1) is 12.1 Å². The first-order valence-corrected chi connectivity index (χ1v) is 16.9. The third-order valence-electron chi connectivity index (χ3n) is 9.24. The third kappa shape index (κ3) is 7.97. The van der Waals surface area contributed by atoms with Gasteiger partial charge in [-0.1, -0.05) is 6.07 Å². The first-order chi connectivity index (χ1) is 23.1. The van der Waals surface area contributed by atoms with Gasteiger partial charge in [-0.15, -0.1) is 0 Å². The normalized spacial score (nSPS) is 19.3. The summed E-state index contributed by atoms with van der Waals surface area (Å²) in [5, 5.41) is 16.1. The van der Waals surface area contributed by atoms with Crippen molar-refractivity contribution in [1.82, 2.24) is 30.3 Å². The molecular weight excluding hydrogens is 620 g/mol. The zero-order chi connectivity index (χ0) is 34.4. The first-order valence-electron chi connectivity index (χ1n) is 16.9. The Hall–Kier alpha value is -4.46. The fourth-order valence-electron chi connectivity index (χ4n) is 6.31. The van der Waals surface area contributed by atoms with Crippen molar-refractivity contribution in [3.63, 3.8) is 0 Å². The Morgan fingerprint density at radius 3 is 2.38 bits per heavy atom. The molecule has 0 unspecified atom stereocenters. The summed E-state index contributed by atoms with van der Waals surface area (Å²) in [6.45, 7) is 6.70. The molecule has 3 aliphatic rings. The van der Waals surface area contributed by atoms with E-state index in [2.05, 4.69) is 15.6 Å². The van der Waals surface area contributed by atoms with E-state index in [-0.39, 0.29) is 81.0 Å². The highest BCUT2D eigenvalue weighted by molar-refractivity contribution is 5.99. The Bertz CT molecular complexity index is 1520. The van der Waals surface area contributed by atoms with Crippen LogP contribution in [0, 0.1) is 6.92 Å². The fraction of sp³-hybridized carbons (Fsp3) is 0.588. The van der Waals surface area contributed by atoms with Crippen molar-refractivity contribution in [3.05, 3.63) is 35.5 Å². The number of carbonyl (C=O) groups excluding carboxylic acids is 5. The fourth-order valence-corrected chi connectivity index (χ4v) is 6.31. The van der Waals surface area contributed by atoms with Crippen LogP contribution in [0.25, 0.3) is 10.9 Å². The molecule has 0 bridgehead atoms. The zero-order valence-electron chi connectivity index (χ0n) is 27.9. The molecule has 260 valence electrons. The predicted octanol–water partition coefficient (Wildman–Crippen LogP) is 1.75. The molecule has 3 heterocycles. The molecule has 48 heavy (non-hydrogen) atoms. The van der Waals surface area contributed by atoms with Crippen LogP contribution in [0.15, 0.2) is 24.3 Å². The molecule has 0 spiro atoms. The molecule has 1 saturated carbocycles. The number of likely N-dealkylation sites (tertiary alicyclic amines) is 1. The molecule has 2 saturated heterocycles. The van der Waals surface area contributed by atoms with Gasteiger partial charge >= 0.3 is 6.09 Å². The number of aromatic nitrogens is 1. The summed E-state index contributed by atoms with van der Waals surface area (Å²) < 4.78 is 11.3. The van der Waals surface area contributed by atoms with Crippen LogP contribution in [0.1, 0.15) is 68.4 Å². The molecule has 0 radical (unpaired) electrons. The monoisotopic (exact) mass is 666 g/mol. The lowest BCUT2D eigenvalue weighted by atomic mass is 9.93. The number of aryl methyl sites for hydroxylation is 1. The van der Waals surface area contributed by atoms with Crippen LogP contribution in [0.4, 0.5) is 4.79 Å². The molecule has 2 aromatic rings. The maximum Gasteiger partial charge on any atom is 0.409 e. The van der Waals surface area contributed by atoms with Gasteiger partial charge in [-0.25, -0.2) is 9.78 Å². The molecule has 3 N–H and O–H groups in total. The maximum atomic E-state index is 13.6. The van der Waals surface area contributed by atoms with Crippen LogP contribution < -0.4 is 15.4 Å². The summed E-state index contributed by atoms with van der Waals surface area (Å²) in [5.41, 5.74) is 1.34. The first kappa shape index (κ1) is 34.9. The highest BCUT2D eigenvalue weighted by Crippen LogP contribution is 2.29. The molecule has 5 amide bonds. The molecule has 1 aromatic heterocycles. The number of piperazine rings is 1. The lowest BCUT2D eigenvalue weighted by Crippen LogP contribution is -2.56. The zero-order valence-corrected chi connectivity index (χ0v) is 27.9. The largest absolute Gasteiger partial charge is 0.480 e. The van der Waals surface area contributed by atoms with E-state index in [1.165, 1.54) is 11.0 Å². The second kappa shape index (κ2) is 15.6. The van der Waals surface area contributed by atoms with Crippen LogP contribution in [0.3, 0.4) is 0 Å². The number of hydrogen-bond donors (Lipinski definition) is 3. The molecule has 3 fully saturated rings. The average Bonchev–Trinajstić information content (AvgIpc) is 3.55. The molecule has 14 nitrogen and oxygen atoms in total. The van der Waals surface area contributed by atoms with Gasteiger partial charge in [0.25, 0.3) is 11.8 Å². The van der Waals surface area contributed by atoms with E-state index < -0.39 is 30.2 Å². The Morgan fingerprint density at radius 2 is 1.71 bits per heavy atom. The second-order valence-electron chi connectivity index (χ2n) is 12.7. The minimum Gasteiger partial charge on any atom is -0.480 e. The van der Waals surface area contributed by atoms with E-state index in [0.717, 1.165) is 31.2 Å². The summed E-state index contributed by atoms with van der Waals surface area (Å²) in [7, 11) is 0. The highest BCUT2D eigenvalue weighted by Gasteiger charge is 2.38. The molecule has 3 atom stereocenters. The van der Waals surface area contributed by atoms with E-state index in [1.807, 2.05) is 19.1 Å². The molecule has 2 aliphatic heterocycles. The standard InChI is InChI=1S/C34H46N6O8/c1-4-47-34(46)39-16-14-38(15-17-39)33(45)25(12-18-41)37-30(42)27-20-29(24-11-10-21(2)19-26(24)36-27)48-22(3)32(44)40-13-6-9-28(40)31(43)35-23-7-5-8-23/h10-11,19-20,22-23,25,28,41H,4-9,12-18H2,1-3H3,(H,35,43)(H,37,42)/t22-,25+,28+/m1/s1. The Balaban J connectivity index is 1.30. The predicted molar refractivity (Wildman–Crippen MR) is 175 cm³/mol. The summed E-state index contributed by atoms with van der Waals surface area (Å²) in [4.78, 5) is 74.9. The highest BCUT2D eigenvalue weighted by atomic mass is 16.6. The maximum absolute atomic E-state index is 13.6. The van der Waals surface area contributed by atoms with Gasteiger partial charge in [-0.2, -0.15) is 0 Å². The van der Waals surface area contributed by atoms with Gasteiger partial charge in [-0.05, 0) is 77.0 Å². The van der Waals surface area contributed by atoms with Crippen molar-refractivity contribution in [2.75, 3.05) is 45.9 Å². The lowest BCUT2D eigenvalue weighted by molar-refractivity contribution is -0.143. The summed E-state index contributed by atoms with van der Waals surface area (Å²) in [6.07, 6.45) is 2.91. The lowest BCUT2D eigenvalue weighted by Gasteiger charge is -2.35. The number of benzene rings is 1. The van der Waals surface area contributed by atoms with E-state index in [0.29, 0.717) is 23.9 Å². The molecular formula is C34H46N6O8. The number of fused-ring (bicyclic) bond motifs is 1. The number of nitrogens with one attached hydrogen (secondary N) is 2. The summed E-state index contributed by atoms with van der Waals surface area (Å²) in [6, 6.07) is 5.53. The third-order valence-corrected chi connectivity index (χ3v) is 9.24. The second-order valence-corrected chi connectivity index (χ2v) is 12.7. The van der Waals surface area contributed by atoms with Crippen molar-refractivity contribution in [1.29, 1.82) is 0 Å². The Morgan fingerprint density at radius 1 is 0.979 bits per heavy atom. The van der Waals surface area contributed by atoms with Crippen LogP contribution in [0.5, 0.6) is 5.75 Å². The Kier molecular flexibility index (Phi) is 11.3. The van der Waals surface area contributed by atoms with Gasteiger partial charge in [0, 0.05) is 56.8 Å². The minimum atomic E-state index is -1.03. The van der Waals surface area contributed by atoms with E-state index in [4.69, 9.17) is 9.47 Å². The van der Waals surface area contributed by atoms with E-state index in [1.54, 1.807) is 29.7 Å². The van der Waals surface area contributed by atoms with Gasteiger partial charge < -0.3 is 39.9 Å². The van der Waals surface area contributed by atoms with Crippen LogP contribution in [-0.2, 0) is 19.1 Å². The minimum absolute atomic E-state index is 0.0183. The van der Waals surface area contributed by atoms with Gasteiger partial charge in [0.1, 0.15) is 23.5 Å². The molecule has 14 heteroatoms. The summed E-state index contributed by atoms with van der Waals surface area (Å²) in [5.74, 6) is -1.21. The van der Waals surface area contributed by atoms with Crippen molar-refractivity contribution in [3.8, 4) is 5.75 Å². The van der Waals surface area contributed by atoms with E-state index >= 15 is 0 Å². The van der Waals surface area contributed by atoms with Crippen molar-refractivity contribution < 1.29 is 38.6 Å². The van der Waals surface area contributed by atoms with Crippen LogP contribution in [0.2, 0.25) is 0 Å². The van der Waals surface area contributed by atoms with Gasteiger partial charge in [-0.3, -0.25) is 19.2 Å².